The van der Waals surface area contributed by atoms with E-state index in [1.54, 1.807) is 0 Å². The van der Waals surface area contributed by atoms with Gasteiger partial charge in [0.25, 0.3) is 0 Å². The van der Waals surface area contributed by atoms with Gasteiger partial charge < -0.3 is 0 Å². The van der Waals surface area contributed by atoms with Crippen molar-refractivity contribution in [3.63, 3.8) is 0 Å². The summed E-state index contributed by atoms with van der Waals surface area (Å²) >= 11 is 0. The van der Waals surface area contributed by atoms with E-state index in [4.69, 9.17) is 0 Å². The molecule has 228 valence electrons. The van der Waals surface area contributed by atoms with Gasteiger partial charge in [0.1, 0.15) is 0 Å². The zero-order valence-electron chi connectivity index (χ0n) is 27.5. The Labute approximate surface area is 285 Å². The molecule has 0 spiro atoms. The van der Waals surface area contributed by atoms with Gasteiger partial charge in [-0.2, -0.15) is 0 Å². The first kappa shape index (κ1) is 27.0. The number of hydrogen-bond acceptors (Lipinski definition) is 0. The van der Waals surface area contributed by atoms with Crippen LogP contribution in [0.15, 0.2) is 158 Å². The highest BCUT2D eigenvalue weighted by molar-refractivity contribution is 6.28. The minimum absolute atomic E-state index is 0.0984. The summed E-state index contributed by atoms with van der Waals surface area (Å²) in [6.45, 7) is 4.77. The molecule has 0 saturated carbocycles. The molecule has 2 aliphatic carbocycles. The summed E-state index contributed by atoms with van der Waals surface area (Å²) in [5, 5.41) is 10.5. The third-order valence-corrected chi connectivity index (χ3v) is 11.6. The molecule has 0 fully saturated rings. The number of benzene rings is 9. The minimum Gasteiger partial charge on any atom is -0.0616 e. The van der Waals surface area contributed by atoms with Crippen LogP contribution in [0.4, 0.5) is 0 Å². The number of rotatable bonds is 2. The van der Waals surface area contributed by atoms with Gasteiger partial charge in [-0.1, -0.05) is 141 Å². The summed E-state index contributed by atoms with van der Waals surface area (Å²) < 4.78 is 0. The van der Waals surface area contributed by atoms with Crippen LogP contribution in [0.25, 0.3) is 98.7 Å². The van der Waals surface area contributed by atoms with E-state index < -0.39 is 0 Å². The molecule has 0 aromatic heterocycles. The SMILES string of the molecule is CC1(C)c2cc(-c3ccc4ccccc4c3)ccc2-c2ccc(-c3ccc4c(ccc5cc6c7c(cccc7c54)-c4ccccc4-6)c3)cc21. The van der Waals surface area contributed by atoms with Gasteiger partial charge in [-0.3, -0.25) is 0 Å². The normalized spacial score (nSPS) is 13.7. The van der Waals surface area contributed by atoms with Crippen molar-refractivity contribution < 1.29 is 0 Å². The first-order valence-electron chi connectivity index (χ1n) is 17.3. The molecule has 0 nitrogen and oxygen atoms in total. The molecule has 0 N–H and O–H groups in total. The molecule has 9 aromatic carbocycles. The standard InChI is InChI=1S/C49H32/c1-49(2)45-27-33(31-15-14-29-8-3-4-9-30(29)24-31)19-22-40(45)41-23-20-34(28-46(41)49)32-18-21-37-35(25-32)16-17-36-26-44-39-11-6-5-10-38(39)42-12-7-13-43(47(36)37)48(42)44/h3-28H,1-2H3. The predicted octanol–water partition coefficient (Wildman–Crippen LogP) is 13.6. The zero-order chi connectivity index (χ0) is 32.4. The van der Waals surface area contributed by atoms with E-state index in [0.29, 0.717) is 0 Å². The molecule has 0 heterocycles. The summed E-state index contributed by atoms with van der Waals surface area (Å²) in [5.74, 6) is 0. The Balaban J connectivity index is 1.01. The molecule has 0 heteroatoms. The molecule has 2 aliphatic rings. The maximum atomic E-state index is 2.45. The topological polar surface area (TPSA) is 0 Å². The molecule has 0 aliphatic heterocycles. The van der Waals surface area contributed by atoms with Crippen LogP contribution >= 0.6 is 0 Å². The third kappa shape index (κ3) is 3.69. The zero-order valence-corrected chi connectivity index (χ0v) is 27.5. The van der Waals surface area contributed by atoms with Crippen molar-refractivity contribution in [2.75, 3.05) is 0 Å². The Hall–Kier alpha value is -5.98. The van der Waals surface area contributed by atoms with E-state index in [-0.39, 0.29) is 5.41 Å². The molecular weight excluding hydrogens is 589 g/mol. The van der Waals surface area contributed by atoms with Gasteiger partial charge in [0.15, 0.2) is 0 Å². The van der Waals surface area contributed by atoms with Crippen LogP contribution in [0.1, 0.15) is 25.0 Å². The summed E-state index contributed by atoms with van der Waals surface area (Å²) in [5.41, 5.74) is 15.9. The Bertz CT molecular complexity index is 2900. The van der Waals surface area contributed by atoms with Crippen molar-refractivity contribution in [3.05, 3.63) is 169 Å². The van der Waals surface area contributed by atoms with Gasteiger partial charge in [0.2, 0.25) is 0 Å². The predicted molar refractivity (Wildman–Crippen MR) is 209 cm³/mol. The first-order valence-corrected chi connectivity index (χ1v) is 17.3. The summed E-state index contributed by atoms with van der Waals surface area (Å²) in [4.78, 5) is 0. The van der Waals surface area contributed by atoms with Gasteiger partial charge >= 0.3 is 0 Å². The molecule has 0 bridgehead atoms. The van der Waals surface area contributed by atoms with Crippen LogP contribution in [0, 0.1) is 0 Å². The lowest BCUT2D eigenvalue weighted by atomic mass is 9.80. The highest BCUT2D eigenvalue weighted by Crippen LogP contribution is 2.52. The van der Waals surface area contributed by atoms with Crippen molar-refractivity contribution in [2.45, 2.75) is 19.3 Å². The Morgan fingerprint density at radius 2 is 0.857 bits per heavy atom. The maximum Gasteiger partial charge on any atom is 0.0159 e. The second-order valence-electron chi connectivity index (χ2n) is 14.5. The highest BCUT2D eigenvalue weighted by atomic mass is 14.4. The fourth-order valence-corrected chi connectivity index (χ4v) is 9.08. The quantitative estimate of drug-likeness (QED) is 0.169. The largest absolute Gasteiger partial charge is 0.0616 e. The van der Waals surface area contributed by atoms with E-state index in [9.17, 15) is 0 Å². The Kier molecular flexibility index (Phi) is 5.27. The summed E-state index contributed by atoms with van der Waals surface area (Å²) in [6.07, 6.45) is 0. The highest BCUT2D eigenvalue weighted by Gasteiger charge is 2.36. The molecule has 0 atom stereocenters. The van der Waals surface area contributed by atoms with Gasteiger partial charge in [0, 0.05) is 5.41 Å². The van der Waals surface area contributed by atoms with E-state index in [2.05, 4.69) is 172 Å². The van der Waals surface area contributed by atoms with E-state index in [1.165, 1.54) is 110 Å². The molecule has 0 saturated heterocycles. The number of hydrogen-bond donors (Lipinski definition) is 0. The van der Waals surface area contributed by atoms with Crippen LogP contribution in [-0.4, -0.2) is 0 Å². The van der Waals surface area contributed by atoms with Crippen LogP contribution < -0.4 is 0 Å². The van der Waals surface area contributed by atoms with Crippen molar-refractivity contribution in [1.29, 1.82) is 0 Å². The molecule has 0 unspecified atom stereocenters. The van der Waals surface area contributed by atoms with E-state index >= 15 is 0 Å². The second kappa shape index (κ2) is 9.56. The lowest BCUT2D eigenvalue weighted by molar-refractivity contribution is 0.661. The second-order valence-corrected chi connectivity index (χ2v) is 14.5. The van der Waals surface area contributed by atoms with Crippen LogP contribution in [0.2, 0.25) is 0 Å². The fourth-order valence-electron chi connectivity index (χ4n) is 9.08. The van der Waals surface area contributed by atoms with Crippen molar-refractivity contribution >= 4 is 43.1 Å². The van der Waals surface area contributed by atoms with Crippen molar-refractivity contribution in [3.8, 4) is 55.6 Å². The van der Waals surface area contributed by atoms with E-state index in [1.807, 2.05) is 0 Å². The van der Waals surface area contributed by atoms with Crippen LogP contribution in [0.5, 0.6) is 0 Å². The van der Waals surface area contributed by atoms with Crippen LogP contribution in [0.3, 0.4) is 0 Å². The lowest BCUT2D eigenvalue weighted by Crippen LogP contribution is -2.15. The fraction of sp³-hybridized carbons (Fsp3) is 0.0612. The average Bonchev–Trinajstić information content (AvgIpc) is 3.59. The maximum absolute atomic E-state index is 2.45. The number of fused-ring (bicyclic) bond motifs is 11. The lowest BCUT2D eigenvalue weighted by Gasteiger charge is -2.23. The Morgan fingerprint density at radius 1 is 0.306 bits per heavy atom. The van der Waals surface area contributed by atoms with E-state index in [0.717, 1.165) is 0 Å². The summed E-state index contributed by atoms with van der Waals surface area (Å²) in [6, 6.07) is 59.4. The van der Waals surface area contributed by atoms with Crippen LogP contribution in [-0.2, 0) is 5.41 Å². The average molecular weight is 621 g/mol. The van der Waals surface area contributed by atoms with Gasteiger partial charge in [0.05, 0.1) is 0 Å². The summed E-state index contributed by atoms with van der Waals surface area (Å²) in [7, 11) is 0. The molecule has 0 radical (unpaired) electrons. The Morgan fingerprint density at radius 3 is 1.61 bits per heavy atom. The smallest absolute Gasteiger partial charge is 0.0159 e. The third-order valence-electron chi connectivity index (χ3n) is 11.6. The molecule has 49 heavy (non-hydrogen) atoms. The molecule has 9 aromatic rings. The van der Waals surface area contributed by atoms with Gasteiger partial charge in [-0.15, -0.1) is 0 Å². The van der Waals surface area contributed by atoms with Crippen molar-refractivity contribution in [1.82, 2.24) is 0 Å². The molecule has 11 rings (SSSR count). The van der Waals surface area contributed by atoms with Gasteiger partial charge in [-0.25, -0.2) is 0 Å². The molecule has 0 amide bonds. The van der Waals surface area contributed by atoms with Gasteiger partial charge in [-0.05, 0) is 140 Å². The molecular formula is C49H32. The monoisotopic (exact) mass is 620 g/mol. The minimum atomic E-state index is -0.0984. The van der Waals surface area contributed by atoms with Crippen molar-refractivity contribution in [2.24, 2.45) is 0 Å². The first-order chi connectivity index (χ1) is 24.0.